The van der Waals surface area contributed by atoms with Gasteiger partial charge in [0.2, 0.25) is 0 Å². The van der Waals surface area contributed by atoms with Gasteiger partial charge in [-0.05, 0) is 24.3 Å². The summed E-state index contributed by atoms with van der Waals surface area (Å²) in [5, 5.41) is 21.3. The number of nitrogens with two attached hydrogens (primary N) is 1. The molecule has 0 aliphatic rings. The molecule has 0 aliphatic heterocycles. The van der Waals surface area contributed by atoms with Crippen LogP contribution in [0.25, 0.3) is 0 Å². The Balaban J connectivity index is 2.33. The van der Waals surface area contributed by atoms with Crippen LogP contribution in [0.3, 0.4) is 0 Å². The fourth-order valence-corrected chi connectivity index (χ4v) is 2.78. The Bertz CT molecular complexity index is 879. The summed E-state index contributed by atoms with van der Waals surface area (Å²) in [5.74, 6) is 0. The van der Waals surface area contributed by atoms with Gasteiger partial charge in [0.25, 0.3) is 21.4 Å². The van der Waals surface area contributed by atoms with E-state index in [0.717, 1.165) is 30.3 Å². The van der Waals surface area contributed by atoms with Gasteiger partial charge in [-0.1, -0.05) is 0 Å². The molecular weight excluding hydrogens is 328 g/mol. The summed E-state index contributed by atoms with van der Waals surface area (Å²) in [6, 6.07) is 7.66. The second-order valence-corrected chi connectivity index (χ2v) is 6.07. The Morgan fingerprint density at radius 3 is 2.09 bits per heavy atom. The lowest BCUT2D eigenvalue weighted by Gasteiger charge is -2.08. The van der Waals surface area contributed by atoms with E-state index in [2.05, 4.69) is 4.72 Å². The number of hydrogen-bond donors (Lipinski definition) is 2. The topological polar surface area (TPSA) is 158 Å². The van der Waals surface area contributed by atoms with Gasteiger partial charge in [-0.25, -0.2) is 8.42 Å². The van der Waals surface area contributed by atoms with Gasteiger partial charge in [0.05, 0.1) is 20.4 Å². The number of non-ortho nitro benzene ring substituents is 1. The summed E-state index contributed by atoms with van der Waals surface area (Å²) in [6.07, 6.45) is 0. The van der Waals surface area contributed by atoms with E-state index in [9.17, 15) is 28.6 Å². The number of hydrogen-bond acceptors (Lipinski definition) is 7. The molecule has 0 bridgehead atoms. The van der Waals surface area contributed by atoms with Crippen LogP contribution in [0, 0.1) is 20.2 Å². The number of nitrogens with zero attached hydrogens (tertiary/aromatic N) is 2. The number of nitrogens with one attached hydrogen (secondary N) is 1. The average molecular weight is 338 g/mol. The lowest BCUT2D eigenvalue weighted by molar-refractivity contribution is -0.384. The number of nitro groups is 2. The first kappa shape index (κ1) is 16.2. The van der Waals surface area contributed by atoms with Crippen molar-refractivity contribution in [3.05, 3.63) is 62.7 Å². The van der Waals surface area contributed by atoms with Gasteiger partial charge in [0.15, 0.2) is 0 Å². The van der Waals surface area contributed by atoms with Gasteiger partial charge in [-0.15, -0.1) is 0 Å². The highest BCUT2D eigenvalue weighted by Crippen LogP contribution is 2.27. The molecule has 0 saturated heterocycles. The molecule has 2 rings (SSSR count). The van der Waals surface area contributed by atoms with Crippen LogP contribution in [0.4, 0.5) is 22.7 Å². The Kier molecular flexibility index (Phi) is 4.14. The Hall–Kier alpha value is -3.21. The number of sulfonamides is 1. The molecule has 0 radical (unpaired) electrons. The smallest absolute Gasteiger partial charge is 0.294 e. The van der Waals surface area contributed by atoms with E-state index in [0.29, 0.717) is 0 Å². The molecule has 0 spiro atoms. The number of nitro benzene ring substituents is 2. The summed E-state index contributed by atoms with van der Waals surface area (Å²) in [6.45, 7) is 0. The van der Waals surface area contributed by atoms with Crippen molar-refractivity contribution in [2.75, 3.05) is 10.5 Å². The third kappa shape index (κ3) is 3.52. The van der Waals surface area contributed by atoms with Crippen LogP contribution >= 0.6 is 0 Å². The average Bonchev–Trinajstić information content (AvgIpc) is 2.48. The summed E-state index contributed by atoms with van der Waals surface area (Å²) in [4.78, 5) is 19.7. The van der Waals surface area contributed by atoms with Crippen molar-refractivity contribution < 1.29 is 18.3 Å². The molecule has 23 heavy (non-hydrogen) atoms. The molecule has 0 aliphatic carbocycles. The molecule has 0 unspecified atom stereocenters. The molecule has 0 saturated carbocycles. The zero-order chi connectivity index (χ0) is 17.2. The lowest BCUT2D eigenvalue weighted by atomic mass is 10.2. The minimum absolute atomic E-state index is 0.0516. The summed E-state index contributed by atoms with van der Waals surface area (Å²) in [5.41, 5.74) is 4.58. The highest BCUT2D eigenvalue weighted by molar-refractivity contribution is 7.92. The molecule has 0 atom stereocenters. The largest absolute Gasteiger partial charge is 0.393 e. The van der Waals surface area contributed by atoms with E-state index < -0.39 is 25.6 Å². The maximum absolute atomic E-state index is 12.2. The third-order valence-corrected chi connectivity index (χ3v) is 4.23. The first-order valence-electron chi connectivity index (χ1n) is 6.02. The normalized spacial score (nSPS) is 11.0. The minimum Gasteiger partial charge on any atom is -0.393 e. The second-order valence-electron chi connectivity index (χ2n) is 4.39. The molecule has 120 valence electrons. The standard InChI is InChI=1S/C12H10N4O6S/c13-11-6-1-8(7-12(11)16(19)20)14-23(21,22)10-4-2-9(3-5-10)15(17)18/h1-7,14H,13H2. The van der Waals surface area contributed by atoms with Gasteiger partial charge < -0.3 is 5.73 Å². The molecule has 0 amide bonds. The van der Waals surface area contributed by atoms with Crippen LogP contribution in [-0.2, 0) is 10.0 Å². The first-order valence-corrected chi connectivity index (χ1v) is 7.50. The van der Waals surface area contributed by atoms with Crippen LogP contribution < -0.4 is 10.5 Å². The van der Waals surface area contributed by atoms with Gasteiger partial charge in [0.1, 0.15) is 5.69 Å². The highest BCUT2D eigenvalue weighted by Gasteiger charge is 2.18. The van der Waals surface area contributed by atoms with E-state index in [-0.39, 0.29) is 22.0 Å². The van der Waals surface area contributed by atoms with Gasteiger partial charge >= 0.3 is 0 Å². The molecule has 0 heterocycles. The van der Waals surface area contributed by atoms with Crippen LogP contribution in [0.15, 0.2) is 47.4 Å². The molecular formula is C12H10N4O6S. The summed E-state index contributed by atoms with van der Waals surface area (Å²) >= 11 is 0. The third-order valence-electron chi connectivity index (χ3n) is 2.84. The van der Waals surface area contributed by atoms with Crippen LogP contribution in [0.1, 0.15) is 0 Å². The summed E-state index contributed by atoms with van der Waals surface area (Å²) in [7, 11) is -4.05. The van der Waals surface area contributed by atoms with Crippen molar-refractivity contribution in [3.63, 3.8) is 0 Å². The van der Waals surface area contributed by atoms with E-state index >= 15 is 0 Å². The van der Waals surface area contributed by atoms with Crippen LogP contribution in [0.5, 0.6) is 0 Å². The SMILES string of the molecule is Nc1ccc(NS(=O)(=O)c2ccc([N+](=O)[O-])cc2)cc1[N+](=O)[O-]. The monoisotopic (exact) mass is 338 g/mol. The first-order chi connectivity index (χ1) is 10.7. The van der Waals surface area contributed by atoms with Crippen LogP contribution in [-0.4, -0.2) is 18.3 Å². The molecule has 3 N–H and O–H groups in total. The van der Waals surface area contributed by atoms with Crippen molar-refractivity contribution >= 4 is 32.8 Å². The lowest BCUT2D eigenvalue weighted by Crippen LogP contribution is -2.13. The molecule has 0 aromatic heterocycles. The fraction of sp³-hybridized carbons (Fsp3) is 0. The number of nitrogen functional groups attached to an aromatic ring is 1. The van der Waals surface area contributed by atoms with Crippen molar-refractivity contribution in [2.45, 2.75) is 4.90 Å². The maximum Gasteiger partial charge on any atom is 0.294 e. The molecule has 10 nitrogen and oxygen atoms in total. The van der Waals surface area contributed by atoms with Crippen molar-refractivity contribution in [1.82, 2.24) is 0 Å². The van der Waals surface area contributed by atoms with Gasteiger partial charge in [-0.3, -0.25) is 25.0 Å². The zero-order valence-corrected chi connectivity index (χ0v) is 12.2. The van der Waals surface area contributed by atoms with E-state index in [1.54, 1.807) is 0 Å². The molecule has 0 fully saturated rings. The van der Waals surface area contributed by atoms with E-state index in [1.807, 2.05) is 0 Å². The quantitative estimate of drug-likeness (QED) is 0.478. The minimum atomic E-state index is -4.05. The predicted octanol–water partition coefficient (Wildman–Crippen LogP) is 1.89. The van der Waals surface area contributed by atoms with Crippen molar-refractivity contribution in [2.24, 2.45) is 0 Å². The molecule has 2 aromatic rings. The number of rotatable bonds is 5. The zero-order valence-electron chi connectivity index (χ0n) is 11.4. The Morgan fingerprint density at radius 1 is 0.957 bits per heavy atom. The van der Waals surface area contributed by atoms with Crippen LogP contribution in [0.2, 0.25) is 0 Å². The predicted molar refractivity (Wildman–Crippen MR) is 81.4 cm³/mol. The summed E-state index contributed by atoms with van der Waals surface area (Å²) < 4.78 is 26.5. The maximum atomic E-state index is 12.2. The Labute approximate surface area is 129 Å². The van der Waals surface area contributed by atoms with Gasteiger partial charge in [0, 0.05) is 18.2 Å². The van der Waals surface area contributed by atoms with E-state index in [4.69, 9.17) is 5.73 Å². The van der Waals surface area contributed by atoms with E-state index in [1.165, 1.54) is 12.1 Å². The molecule has 11 heteroatoms. The highest BCUT2D eigenvalue weighted by atomic mass is 32.2. The number of benzene rings is 2. The molecule has 2 aromatic carbocycles. The second kappa shape index (κ2) is 5.88. The fourth-order valence-electron chi connectivity index (χ4n) is 1.73. The van der Waals surface area contributed by atoms with Crippen molar-refractivity contribution in [1.29, 1.82) is 0 Å². The Morgan fingerprint density at radius 2 is 1.57 bits per heavy atom. The van der Waals surface area contributed by atoms with Crippen molar-refractivity contribution in [3.8, 4) is 0 Å². The van der Waals surface area contributed by atoms with Gasteiger partial charge in [-0.2, -0.15) is 0 Å². The number of anilines is 2.